The molecule has 0 saturated heterocycles. The van der Waals surface area contributed by atoms with E-state index in [1.807, 2.05) is 67.2 Å². The fraction of sp³-hybridized carbons (Fsp3) is 0.769. The highest BCUT2D eigenvalue weighted by molar-refractivity contribution is 5.73. The molecule has 0 N–H and O–H groups in total. The van der Waals surface area contributed by atoms with Crippen LogP contribution in [0.5, 0.6) is 0 Å². The van der Waals surface area contributed by atoms with Crippen LogP contribution in [-0.4, -0.2) is 113 Å². The molecule has 0 aromatic heterocycles. The molecule has 0 fully saturated rings. The minimum absolute atomic E-state index is 0.00826. The van der Waals surface area contributed by atoms with Gasteiger partial charge in [-0.3, -0.25) is 39.2 Å². The Morgan fingerprint density at radius 1 is 0.627 bits per heavy atom. The summed E-state index contributed by atoms with van der Waals surface area (Å²) in [6.45, 7) is 31.6. The van der Waals surface area contributed by atoms with Gasteiger partial charge in [0.25, 0.3) is 5.69 Å². The first kappa shape index (κ1) is 45.9. The Bertz CT molecular complexity index is 1280. The van der Waals surface area contributed by atoms with Crippen molar-refractivity contribution in [3.05, 3.63) is 39.9 Å². The molecule has 1 atom stereocenters. The quantitative estimate of drug-likeness (QED) is 0.0753. The van der Waals surface area contributed by atoms with Crippen molar-refractivity contribution in [3.8, 4) is 0 Å². The van der Waals surface area contributed by atoms with E-state index in [9.17, 15) is 24.5 Å². The lowest BCUT2D eigenvalue weighted by Crippen LogP contribution is -2.53. The molecule has 0 amide bonds. The average molecular weight is 721 g/mol. The van der Waals surface area contributed by atoms with Gasteiger partial charge in [-0.1, -0.05) is 53.7 Å². The van der Waals surface area contributed by atoms with Gasteiger partial charge in [-0.25, -0.2) is 0 Å². The first-order chi connectivity index (χ1) is 22.9. The molecule has 0 radical (unpaired) electrons. The van der Waals surface area contributed by atoms with Crippen molar-refractivity contribution in [1.82, 2.24) is 14.7 Å². The second-order valence-electron chi connectivity index (χ2n) is 19.0. The summed E-state index contributed by atoms with van der Waals surface area (Å²) in [6, 6.07) is 6.13. The number of hydrogen-bond acceptors (Lipinski definition) is 11. The van der Waals surface area contributed by atoms with E-state index in [-0.39, 0.29) is 60.1 Å². The van der Waals surface area contributed by atoms with Crippen LogP contribution >= 0.6 is 0 Å². The molecule has 0 aliphatic heterocycles. The molecule has 1 rings (SSSR count). The zero-order valence-electron chi connectivity index (χ0n) is 34.3. The summed E-state index contributed by atoms with van der Waals surface area (Å²) in [5.74, 6) is -1.08. The van der Waals surface area contributed by atoms with Crippen molar-refractivity contribution in [2.75, 3.05) is 52.4 Å². The number of benzene rings is 1. The third-order valence-corrected chi connectivity index (χ3v) is 7.01. The van der Waals surface area contributed by atoms with Crippen molar-refractivity contribution in [1.29, 1.82) is 0 Å². The number of nitro benzene ring substituents is 1. The van der Waals surface area contributed by atoms with Gasteiger partial charge in [-0.05, 0) is 85.1 Å². The molecule has 0 aliphatic rings. The summed E-state index contributed by atoms with van der Waals surface area (Å²) in [5.41, 5.74) is -1.47. The molecular weight excluding hydrogens is 652 g/mol. The van der Waals surface area contributed by atoms with Crippen molar-refractivity contribution in [2.45, 2.75) is 133 Å². The molecular formula is C39H68N4O8. The van der Waals surface area contributed by atoms with E-state index in [2.05, 4.69) is 51.3 Å². The maximum Gasteiger partial charge on any atom is 0.320 e. The predicted molar refractivity (Wildman–Crippen MR) is 201 cm³/mol. The second kappa shape index (κ2) is 18.6. The van der Waals surface area contributed by atoms with Crippen LogP contribution in [0.4, 0.5) is 5.69 Å². The summed E-state index contributed by atoms with van der Waals surface area (Å²) in [6.07, 6.45) is 0.450. The van der Waals surface area contributed by atoms with Crippen molar-refractivity contribution >= 4 is 23.6 Å². The normalized spacial score (nSPS) is 13.8. The standard InChI is InChI=1S/C39H68N4O8/c1-35(2,3)27-41(25-33(45)50-38(10,11)12)21-20-40(24-32(44)49-37(7,8)9)23-31(22-29-16-18-30(19-17-29)43(47)48)42(28-36(4,5)6)26-34(46)51-39(13,14)15/h16-19,31H,20-28H2,1-15H3. The monoisotopic (exact) mass is 721 g/mol. The van der Waals surface area contributed by atoms with Crippen molar-refractivity contribution in [3.63, 3.8) is 0 Å². The Morgan fingerprint density at radius 2 is 1.02 bits per heavy atom. The lowest BCUT2D eigenvalue weighted by atomic mass is 9.93. The predicted octanol–water partition coefficient (Wildman–Crippen LogP) is 6.53. The smallest absolute Gasteiger partial charge is 0.320 e. The maximum atomic E-state index is 13.3. The van der Waals surface area contributed by atoms with Crippen LogP contribution in [0, 0.1) is 20.9 Å². The lowest BCUT2D eigenvalue weighted by Gasteiger charge is -2.39. The topological polar surface area (TPSA) is 132 Å². The highest BCUT2D eigenvalue weighted by Gasteiger charge is 2.32. The molecule has 1 aromatic rings. The van der Waals surface area contributed by atoms with Crippen molar-refractivity contribution in [2.24, 2.45) is 10.8 Å². The Balaban J connectivity index is 3.64. The summed E-state index contributed by atoms with van der Waals surface area (Å²) < 4.78 is 17.2. The maximum absolute atomic E-state index is 13.3. The van der Waals surface area contributed by atoms with Crippen LogP contribution in [0.15, 0.2) is 24.3 Å². The summed E-state index contributed by atoms with van der Waals surface area (Å²) >= 11 is 0. The molecule has 0 saturated carbocycles. The molecule has 1 unspecified atom stereocenters. The van der Waals surface area contributed by atoms with Gasteiger partial charge in [-0.15, -0.1) is 0 Å². The van der Waals surface area contributed by atoms with Gasteiger partial charge >= 0.3 is 17.9 Å². The molecule has 0 bridgehead atoms. The molecule has 51 heavy (non-hydrogen) atoms. The van der Waals surface area contributed by atoms with Gasteiger partial charge in [0, 0.05) is 50.9 Å². The number of ether oxygens (including phenoxy) is 3. The van der Waals surface area contributed by atoms with E-state index in [1.54, 1.807) is 12.1 Å². The molecule has 292 valence electrons. The number of non-ortho nitro benzene ring substituents is 1. The van der Waals surface area contributed by atoms with E-state index in [0.29, 0.717) is 39.1 Å². The second-order valence-corrected chi connectivity index (χ2v) is 19.0. The highest BCUT2D eigenvalue weighted by Crippen LogP contribution is 2.23. The van der Waals surface area contributed by atoms with Crippen molar-refractivity contribution < 1.29 is 33.5 Å². The number of esters is 3. The van der Waals surface area contributed by atoms with Gasteiger partial charge < -0.3 is 14.2 Å². The number of nitro groups is 1. The van der Waals surface area contributed by atoms with E-state index in [4.69, 9.17) is 14.2 Å². The molecule has 0 aliphatic carbocycles. The number of carbonyl (C=O) groups excluding carboxylic acids is 3. The van der Waals surface area contributed by atoms with E-state index >= 15 is 0 Å². The Labute approximate surface area is 307 Å². The average Bonchev–Trinajstić information content (AvgIpc) is 2.86. The van der Waals surface area contributed by atoms with Crippen LogP contribution in [-0.2, 0) is 35.0 Å². The third-order valence-electron chi connectivity index (χ3n) is 7.01. The van der Waals surface area contributed by atoms with Gasteiger partial charge in [0.2, 0.25) is 0 Å². The van der Waals surface area contributed by atoms with Gasteiger partial charge in [-0.2, -0.15) is 0 Å². The fourth-order valence-electron chi connectivity index (χ4n) is 5.61. The number of rotatable bonds is 17. The molecule has 0 spiro atoms. The van der Waals surface area contributed by atoms with Gasteiger partial charge in [0.05, 0.1) is 24.6 Å². The minimum Gasteiger partial charge on any atom is -0.459 e. The lowest BCUT2D eigenvalue weighted by molar-refractivity contribution is -0.384. The van der Waals surface area contributed by atoms with E-state index in [0.717, 1.165) is 5.56 Å². The van der Waals surface area contributed by atoms with E-state index in [1.165, 1.54) is 12.1 Å². The summed E-state index contributed by atoms with van der Waals surface area (Å²) in [4.78, 5) is 56.7. The highest BCUT2D eigenvalue weighted by atomic mass is 16.6. The first-order valence-electron chi connectivity index (χ1n) is 18.0. The minimum atomic E-state index is -0.690. The van der Waals surface area contributed by atoms with Crippen LogP contribution in [0.25, 0.3) is 0 Å². The van der Waals surface area contributed by atoms with E-state index < -0.39 is 21.7 Å². The fourth-order valence-corrected chi connectivity index (χ4v) is 5.61. The zero-order valence-corrected chi connectivity index (χ0v) is 34.3. The molecule has 0 heterocycles. The molecule has 1 aromatic carbocycles. The van der Waals surface area contributed by atoms with Crippen LogP contribution in [0.1, 0.15) is 109 Å². The van der Waals surface area contributed by atoms with Crippen LogP contribution < -0.4 is 0 Å². The largest absolute Gasteiger partial charge is 0.459 e. The number of hydrogen-bond donors (Lipinski definition) is 0. The van der Waals surface area contributed by atoms with Crippen LogP contribution in [0.2, 0.25) is 0 Å². The zero-order chi connectivity index (χ0) is 39.6. The SMILES string of the molecule is CC(C)(C)CN(CCN(CC(=O)OC(C)(C)C)CC(Cc1ccc([N+](=O)[O-])cc1)N(CC(=O)OC(C)(C)C)CC(C)(C)C)CC(=O)OC(C)(C)C. The van der Waals surface area contributed by atoms with Gasteiger partial charge in [0.15, 0.2) is 0 Å². The molecule has 12 heteroatoms. The van der Waals surface area contributed by atoms with Gasteiger partial charge in [0.1, 0.15) is 16.8 Å². The Morgan fingerprint density at radius 3 is 1.41 bits per heavy atom. The van der Waals surface area contributed by atoms with Crippen LogP contribution in [0.3, 0.4) is 0 Å². The number of nitrogens with zero attached hydrogens (tertiary/aromatic N) is 4. The Kier molecular flexibility index (Phi) is 16.8. The summed E-state index contributed by atoms with van der Waals surface area (Å²) in [7, 11) is 0. The third kappa shape index (κ3) is 22.5. The summed E-state index contributed by atoms with van der Waals surface area (Å²) in [5, 5.41) is 11.4. The molecule has 12 nitrogen and oxygen atoms in total. The first-order valence-corrected chi connectivity index (χ1v) is 18.0. The Hall–Kier alpha value is -3.09. The number of carbonyl (C=O) groups is 3.